The van der Waals surface area contributed by atoms with E-state index in [9.17, 15) is 29.3 Å². The van der Waals surface area contributed by atoms with Gasteiger partial charge in [0.25, 0.3) is 0 Å². The Labute approximate surface area is 304 Å². The van der Waals surface area contributed by atoms with E-state index in [0.29, 0.717) is 12.8 Å². The number of aliphatic hydroxyl groups is 2. The van der Waals surface area contributed by atoms with Crippen molar-refractivity contribution in [3.8, 4) is 0 Å². The third-order valence-electron chi connectivity index (χ3n) is 8.39. The number of phosphoric ester groups is 1. The Kier molecular flexibility index (Phi) is 34.7. The molecule has 294 valence electrons. The largest absolute Gasteiger partial charge is 0.472 e. The summed E-state index contributed by atoms with van der Waals surface area (Å²) in [5, 5.41) is 19.1. The summed E-state index contributed by atoms with van der Waals surface area (Å²) in [6.45, 7) is 2.15. The summed E-state index contributed by atoms with van der Waals surface area (Å²) < 4.78 is 32.4. The fraction of sp³-hybridized carbons (Fsp3) is 0.846. The molecule has 0 amide bonds. The van der Waals surface area contributed by atoms with Gasteiger partial charge < -0.3 is 24.6 Å². The molecule has 50 heavy (non-hydrogen) atoms. The smallest absolute Gasteiger partial charge is 0.457 e. The topological polar surface area (TPSA) is 149 Å². The van der Waals surface area contributed by atoms with Crippen LogP contribution in [0, 0.1) is 0 Å². The van der Waals surface area contributed by atoms with Crippen molar-refractivity contribution in [1.29, 1.82) is 0 Å². The van der Waals surface area contributed by atoms with Gasteiger partial charge in [0.15, 0.2) is 0 Å². The molecule has 0 saturated carbocycles. The SMILES string of the molecule is CCCCC/C=C\CCCCCCCC(=O)OC(CO)COP(=O)(O)OCC(CO)OC(=O)CCCCCCC/C=C\CCCCCCCC. The summed E-state index contributed by atoms with van der Waals surface area (Å²) in [4.78, 5) is 34.4. The van der Waals surface area contributed by atoms with Crippen LogP contribution in [-0.4, -0.2) is 65.7 Å². The molecular formula is C39H73O10P. The lowest BCUT2D eigenvalue weighted by Crippen LogP contribution is -2.28. The van der Waals surface area contributed by atoms with E-state index in [1.54, 1.807) is 0 Å². The second-order valence-corrected chi connectivity index (χ2v) is 14.7. The van der Waals surface area contributed by atoms with Crippen LogP contribution in [0.2, 0.25) is 0 Å². The molecule has 0 fully saturated rings. The molecule has 0 bridgehead atoms. The van der Waals surface area contributed by atoms with Crippen LogP contribution in [0.5, 0.6) is 0 Å². The number of hydrogen-bond acceptors (Lipinski definition) is 9. The lowest BCUT2D eigenvalue weighted by atomic mass is 10.1. The van der Waals surface area contributed by atoms with Gasteiger partial charge in [-0.15, -0.1) is 0 Å². The molecule has 0 rings (SSSR count). The van der Waals surface area contributed by atoms with Gasteiger partial charge in [-0.2, -0.15) is 0 Å². The van der Waals surface area contributed by atoms with Crippen molar-refractivity contribution in [2.24, 2.45) is 0 Å². The summed E-state index contributed by atoms with van der Waals surface area (Å²) in [5.41, 5.74) is 0. The van der Waals surface area contributed by atoms with Gasteiger partial charge in [-0.3, -0.25) is 18.6 Å². The minimum absolute atomic E-state index is 0.182. The molecule has 0 aliphatic carbocycles. The zero-order valence-corrected chi connectivity index (χ0v) is 32.5. The summed E-state index contributed by atoms with van der Waals surface area (Å²) in [6, 6.07) is 0. The van der Waals surface area contributed by atoms with Crippen LogP contribution in [0.1, 0.15) is 174 Å². The average Bonchev–Trinajstić information content (AvgIpc) is 3.10. The normalized spacial score (nSPS) is 14.3. The molecule has 3 atom stereocenters. The van der Waals surface area contributed by atoms with Crippen LogP contribution in [0.3, 0.4) is 0 Å². The summed E-state index contributed by atoms with van der Waals surface area (Å²) in [7, 11) is -4.63. The Morgan fingerprint density at radius 2 is 0.820 bits per heavy atom. The van der Waals surface area contributed by atoms with Gasteiger partial charge in [0, 0.05) is 12.8 Å². The fourth-order valence-electron chi connectivity index (χ4n) is 5.28. The standard InChI is InChI=1S/C39H73O10P/c1-3-5-7-9-11-13-15-17-18-19-21-23-25-27-29-31-39(43)49-37(33-41)35-47-50(44,45)46-34-36(32-40)48-38(42)30-28-26-24-22-20-16-14-12-10-8-6-4-2/h12,14,17-18,36-37,40-41H,3-11,13,15-16,19-35H2,1-2H3,(H,44,45)/b14-12-,18-17-. The van der Waals surface area contributed by atoms with Crippen LogP contribution in [0.25, 0.3) is 0 Å². The summed E-state index contributed by atoms with van der Waals surface area (Å²) in [6.07, 6.45) is 32.9. The Morgan fingerprint density at radius 1 is 0.520 bits per heavy atom. The van der Waals surface area contributed by atoms with Crippen LogP contribution >= 0.6 is 7.82 Å². The van der Waals surface area contributed by atoms with Gasteiger partial charge >= 0.3 is 19.8 Å². The lowest BCUT2D eigenvalue weighted by molar-refractivity contribution is -0.153. The van der Waals surface area contributed by atoms with Gasteiger partial charge in [-0.1, -0.05) is 122 Å². The second kappa shape index (κ2) is 35.8. The lowest BCUT2D eigenvalue weighted by Gasteiger charge is -2.20. The van der Waals surface area contributed by atoms with E-state index in [1.165, 1.54) is 57.8 Å². The molecule has 0 aliphatic heterocycles. The quantitative estimate of drug-likeness (QED) is 0.0244. The Morgan fingerprint density at radius 3 is 1.18 bits per heavy atom. The number of hydrogen-bond donors (Lipinski definition) is 3. The van der Waals surface area contributed by atoms with Crippen molar-refractivity contribution in [2.45, 2.75) is 187 Å². The monoisotopic (exact) mass is 732 g/mol. The van der Waals surface area contributed by atoms with Crippen molar-refractivity contribution in [3.63, 3.8) is 0 Å². The van der Waals surface area contributed by atoms with Gasteiger partial charge in [0.1, 0.15) is 12.2 Å². The number of ether oxygens (including phenoxy) is 2. The van der Waals surface area contributed by atoms with Gasteiger partial charge in [0.05, 0.1) is 26.4 Å². The zero-order valence-electron chi connectivity index (χ0n) is 31.6. The first-order valence-electron chi connectivity index (χ1n) is 19.8. The molecular weight excluding hydrogens is 659 g/mol. The summed E-state index contributed by atoms with van der Waals surface area (Å²) in [5.74, 6) is -1.04. The number of unbranched alkanes of at least 4 members (excludes halogenated alkanes) is 19. The van der Waals surface area contributed by atoms with Crippen LogP contribution < -0.4 is 0 Å². The molecule has 0 heterocycles. The van der Waals surface area contributed by atoms with Gasteiger partial charge in [0.2, 0.25) is 0 Å². The number of carbonyl (C=O) groups is 2. The number of phosphoric acid groups is 1. The number of allylic oxidation sites excluding steroid dienone is 4. The molecule has 0 spiro atoms. The van der Waals surface area contributed by atoms with Crippen molar-refractivity contribution in [2.75, 3.05) is 26.4 Å². The number of carbonyl (C=O) groups excluding carboxylic acids is 2. The fourth-order valence-corrected chi connectivity index (χ4v) is 6.06. The highest BCUT2D eigenvalue weighted by Gasteiger charge is 2.27. The Bertz CT molecular complexity index is 894. The van der Waals surface area contributed by atoms with Gasteiger partial charge in [-0.05, 0) is 64.2 Å². The van der Waals surface area contributed by atoms with E-state index in [1.807, 2.05) is 0 Å². The van der Waals surface area contributed by atoms with Crippen LogP contribution in [0.4, 0.5) is 0 Å². The number of esters is 2. The van der Waals surface area contributed by atoms with E-state index >= 15 is 0 Å². The molecule has 0 aromatic carbocycles. The minimum Gasteiger partial charge on any atom is -0.457 e. The third-order valence-corrected chi connectivity index (χ3v) is 9.34. The van der Waals surface area contributed by atoms with E-state index < -0.39 is 58.4 Å². The average molecular weight is 733 g/mol. The Hall–Kier alpha value is -1.55. The number of aliphatic hydroxyl groups excluding tert-OH is 2. The van der Waals surface area contributed by atoms with Crippen LogP contribution in [-0.2, 0) is 32.7 Å². The van der Waals surface area contributed by atoms with E-state index in [-0.39, 0.29) is 12.8 Å². The van der Waals surface area contributed by atoms with Crippen molar-refractivity contribution >= 4 is 19.8 Å². The van der Waals surface area contributed by atoms with E-state index in [0.717, 1.165) is 77.0 Å². The van der Waals surface area contributed by atoms with E-state index in [4.69, 9.17) is 18.5 Å². The molecule has 0 saturated heterocycles. The maximum Gasteiger partial charge on any atom is 0.472 e. The van der Waals surface area contributed by atoms with Crippen molar-refractivity contribution < 1.29 is 47.8 Å². The molecule has 3 N–H and O–H groups in total. The van der Waals surface area contributed by atoms with E-state index in [2.05, 4.69) is 38.2 Å². The maximum atomic E-state index is 12.3. The molecule has 0 aromatic rings. The maximum absolute atomic E-state index is 12.3. The predicted molar refractivity (Wildman–Crippen MR) is 201 cm³/mol. The highest BCUT2D eigenvalue weighted by Crippen LogP contribution is 2.43. The minimum atomic E-state index is -4.63. The summed E-state index contributed by atoms with van der Waals surface area (Å²) >= 11 is 0. The first-order valence-corrected chi connectivity index (χ1v) is 21.3. The Balaban J connectivity index is 3.98. The zero-order chi connectivity index (χ0) is 37.0. The molecule has 10 nitrogen and oxygen atoms in total. The molecule has 3 unspecified atom stereocenters. The molecule has 0 aliphatic rings. The van der Waals surface area contributed by atoms with Crippen molar-refractivity contribution in [1.82, 2.24) is 0 Å². The molecule has 0 aromatic heterocycles. The predicted octanol–water partition coefficient (Wildman–Crippen LogP) is 9.83. The van der Waals surface area contributed by atoms with Crippen molar-refractivity contribution in [3.05, 3.63) is 24.3 Å². The third kappa shape index (κ3) is 33.6. The van der Waals surface area contributed by atoms with Crippen LogP contribution in [0.15, 0.2) is 24.3 Å². The highest BCUT2D eigenvalue weighted by atomic mass is 31.2. The molecule has 11 heteroatoms. The first-order chi connectivity index (χ1) is 24.3. The first kappa shape index (κ1) is 48.5. The second-order valence-electron chi connectivity index (χ2n) is 13.3. The molecule has 0 radical (unpaired) electrons. The van der Waals surface area contributed by atoms with Gasteiger partial charge in [-0.25, -0.2) is 4.57 Å². The number of rotatable bonds is 37. The highest BCUT2D eigenvalue weighted by molar-refractivity contribution is 7.47.